The molecule has 0 aliphatic carbocycles. The highest BCUT2D eigenvalue weighted by Crippen LogP contribution is 2.34. The van der Waals surface area contributed by atoms with E-state index in [1.54, 1.807) is 53.7 Å². The third-order valence-electron chi connectivity index (χ3n) is 5.30. The number of thiazole rings is 1. The van der Waals surface area contributed by atoms with Crippen LogP contribution >= 0.6 is 22.9 Å². The van der Waals surface area contributed by atoms with Crippen molar-refractivity contribution in [2.75, 3.05) is 9.80 Å². The van der Waals surface area contributed by atoms with Crippen molar-refractivity contribution < 1.29 is 14.4 Å². The van der Waals surface area contributed by atoms with Gasteiger partial charge in [0.25, 0.3) is 5.91 Å². The molecule has 0 N–H and O–H groups in total. The summed E-state index contributed by atoms with van der Waals surface area (Å²) in [5.41, 5.74) is 2.19. The van der Waals surface area contributed by atoms with Gasteiger partial charge in [0, 0.05) is 30.8 Å². The Labute approximate surface area is 198 Å². The number of benzene rings is 2. The number of carbonyl (C=O) groups excluding carboxylic acids is 3. The van der Waals surface area contributed by atoms with Gasteiger partial charge in [-0.25, -0.2) is 4.98 Å². The van der Waals surface area contributed by atoms with Crippen molar-refractivity contribution >= 4 is 61.7 Å². The molecule has 0 saturated carbocycles. The number of aromatic nitrogens is 2. The van der Waals surface area contributed by atoms with E-state index in [9.17, 15) is 14.4 Å². The molecule has 2 aromatic carbocycles. The lowest BCUT2D eigenvalue weighted by molar-refractivity contribution is -0.121. The van der Waals surface area contributed by atoms with Crippen molar-refractivity contribution in [1.29, 1.82) is 0 Å². The molecule has 164 valence electrons. The van der Waals surface area contributed by atoms with E-state index in [-0.39, 0.29) is 37.1 Å². The predicted molar refractivity (Wildman–Crippen MR) is 128 cm³/mol. The van der Waals surface area contributed by atoms with Crippen LogP contribution in [-0.4, -0.2) is 27.7 Å². The summed E-state index contributed by atoms with van der Waals surface area (Å²) in [7, 11) is 0. The zero-order valence-electron chi connectivity index (χ0n) is 17.3. The highest BCUT2D eigenvalue weighted by molar-refractivity contribution is 7.22. The molecule has 1 aliphatic rings. The molecular formula is C24H17ClN4O3S. The zero-order chi connectivity index (χ0) is 22.9. The van der Waals surface area contributed by atoms with Gasteiger partial charge in [-0.3, -0.25) is 29.2 Å². The molecule has 0 radical (unpaired) electrons. The summed E-state index contributed by atoms with van der Waals surface area (Å²) in [5, 5.41) is 1.00. The maximum atomic E-state index is 13.7. The van der Waals surface area contributed by atoms with Gasteiger partial charge in [-0.05, 0) is 42.0 Å². The molecule has 3 amide bonds. The first-order valence-electron chi connectivity index (χ1n) is 10.2. The van der Waals surface area contributed by atoms with Gasteiger partial charge in [-0.15, -0.1) is 0 Å². The van der Waals surface area contributed by atoms with Gasteiger partial charge in [-0.1, -0.05) is 41.1 Å². The number of carbonyl (C=O) groups is 3. The van der Waals surface area contributed by atoms with Crippen LogP contribution in [0.3, 0.4) is 0 Å². The van der Waals surface area contributed by atoms with Crippen LogP contribution in [0.15, 0.2) is 67.0 Å². The van der Waals surface area contributed by atoms with Crippen molar-refractivity contribution in [1.82, 2.24) is 9.97 Å². The molecule has 1 saturated heterocycles. The first kappa shape index (κ1) is 21.2. The number of amides is 3. The minimum absolute atomic E-state index is 0.177. The number of para-hydroxylation sites is 1. The maximum Gasteiger partial charge on any atom is 0.260 e. The molecule has 2 aromatic heterocycles. The van der Waals surface area contributed by atoms with E-state index in [0.29, 0.717) is 26.9 Å². The molecule has 1 aliphatic heterocycles. The van der Waals surface area contributed by atoms with Crippen molar-refractivity contribution in [3.8, 4) is 0 Å². The highest BCUT2D eigenvalue weighted by atomic mass is 35.5. The second-order valence-corrected chi connectivity index (χ2v) is 8.93. The quantitative estimate of drug-likeness (QED) is 0.385. The number of hydrogen-bond donors (Lipinski definition) is 0. The number of pyridine rings is 1. The molecule has 9 heteroatoms. The SMILES string of the molecule is O=C(c1cccc(N2C(=O)CCC2=O)c1)N(Cc1cccnc1)c1nc2c(Cl)cccc2s1. The number of halogens is 1. The topological polar surface area (TPSA) is 83.5 Å². The van der Waals surface area contributed by atoms with Gasteiger partial charge in [-0.2, -0.15) is 0 Å². The van der Waals surface area contributed by atoms with Crippen LogP contribution in [0.1, 0.15) is 28.8 Å². The van der Waals surface area contributed by atoms with Crippen molar-refractivity contribution in [3.63, 3.8) is 0 Å². The van der Waals surface area contributed by atoms with Crippen LogP contribution in [0.2, 0.25) is 5.02 Å². The normalized spacial score (nSPS) is 13.7. The molecule has 0 spiro atoms. The summed E-state index contributed by atoms with van der Waals surface area (Å²) < 4.78 is 0.864. The molecule has 0 atom stereocenters. The fourth-order valence-corrected chi connectivity index (χ4v) is 4.98. The average Bonchev–Trinajstić information content (AvgIpc) is 3.41. The van der Waals surface area contributed by atoms with Crippen LogP contribution < -0.4 is 9.80 Å². The Kier molecular flexibility index (Phi) is 5.62. The largest absolute Gasteiger partial charge is 0.279 e. The lowest BCUT2D eigenvalue weighted by Gasteiger charge is -2.21. The summed E-state index contributed by atoms with van der Waals surface area (Å²) in [5.74, 6) is -0.842. The Morgan fingerprint density at radius 3 is 2.58 bits per heavy atom. The van der Waals surface area contributed by atoms with E-state index >= 15 is 0 Å². The number of fused-ring (bicyclic) bond motifs is 1. The zero-order valence-corrected chi connectivity index (χ0v) is 18.8. The van der Waals surface area contributed by atoms with E-state index in [0.717, 1.165) is 15.2 Å². The minimum Gasteiger partial charge on any atom is -0.279 e. The molecule has 1 fully saturated rings. The van der Waals surface area contributed by atoms with Crippen LogP contribution in [0.5, 0.6) is 0 Å². The Morgan fingerprint density at radius 1 is 1.06 bits per heavy atom. The molecule has 0 bridgehead atoms. The second-order valence-electron chi connectivity index (χ2n) is 7.51. The maximum absolute atomic E-state index is 13.7. The van der Waals surface area contributed by atoms with Crippen LogP contribution in [0.4, 0.5) is 10.8 Å². The van der Waals surface area contributed by atoms with E-state index in [1.165, 1.54) is 11.3 Å². The Bertz CT molecular complexity index is 1370. The average molecular weight is 477 g/mol. The predicted octanol–water partition coefficient (Wildman–Crippen LogP) is 4.85. The number of anilines is 2. The Hall–Kier alpha value is -3.62. The summed E-state index contributed by atoms with van der Waals surface area (Å²) in [6.07, 6.45) is 3.71. The molecule has 5 rings (SSSR count). The van der Waals surface area contributed by atoms with E-state index in [4.69, 9.17) is 11.6 Å². The van der Waals surface area contributed by atoms with Crippen molar-refractivity contribution in [3.05, 3.63) is 83.1 Å². The Balaban J connectivity index is 1.55. The first-order chi connectivity index (χ1) is 16.0. The standard InChI is InChI=1S/C24H17ClN4O3S/c25-18-7-2-8-19-22(18)27-24(33-19)28(14-15-4-3-11-26-13-15)23(32)16-5-1-6-17(12-16)29-20(30)9-10-21(29)31/h1-8,11-13H,9-10,14H2. The fraction of sp³-hybridized carbons (Fsp3) is 0.125. The first-order valence-corrected chi connectivity index (χ1v) is 11.4. The molecule has 3 heterocycles. The monoisotopic (exact) mass is 476 g/mol. The van der Waals surface area contributed by atoms with Gasteiger partial charge in [0.15, 0.2) is 5.13 Å². The van der Waals surface area contributed by atoms with Crippen LogP contribution in [0.25, 0.3) is 10.2 Å². The van der Waals surface area contributed by atoms with Gasteiger partial charge < -0.3 is 0 Å². The summed E-state index contributed by atoms with van der Waals surface area (Å²) in [4.78, 5) is 49.5. The van der Waals surface area contributed by atoms with Crippen molar-refractivity contribution in [2.24, 2.45) is 0 Å². The summed E-state index contributed by atoms with van der Waals surface area (Å²) >= 11 is 7.68. The fourth-order valence-electron chi connectivity index (χ4n) is 3.72. The van der Waals surface area contributed by atoms with Gasteiger partial charge >= 0.3 is 0 Å². The third-order valence-corrected chi connectivity index (χ3v) is 6.65. The van der Waals surface area contributed by atoms with Gasteiger partial charge in [0.1, 0.15) is 5.52 Å². The number of hydrogen-bond acceptors (Lipinski definition) is 6. The van der Waals surface area contributed by atoms with E-state index < -0.39 is 0 Å². The van der Waals surface area contributed by atoms with Crippen molar-refractivity contribution in [2.45, 2.75) is 19.4 Å². The summed E-state index contributed by atoms with van der Waals surface area (Å²) in [6, 6.07) is 15.7. The number of rotatable bonds is 5. The molecule has 7 nitrogen and oxygen atoms in total. The van der Waals surface area contributed by atoms with Gasteiger partial charge in [0.05, 0.1) is 22.0 Å². The summed E-state index contributed by atoms with van der Waals surface area (Å²) in [6.45, 7) is 0.246. The van der Waals surface area contributed by atoms with E-state index in [1.807, 2.05) is 18.2 Å². The van der Waals surface area contributed by atoms with Gasteiger partial charge in [0.2, 0.25) is 11.8 Å². The lowest BCUT2D eigenvalue weighted by Crippen LogP contribution is -2.31. The smallest absolute Gasteiger partial charge is 0.260 e. The minimum atomic E-state index is -0.310. The van der Waals surface area contributed by atoms with Crippen LogP contribution in [0, 0.1) is 0 Å². The lowest BCUT2D eigenvalue weighted by atomic mass is 10.1. The van der Waals surface area contributed by atoms with E-state index in [2.05, 4.69) is 9.97 Å². The second kappa shape index (κ2) is 8.73. The molecule has 0 unspecified atom stereocenters. The molecule has 33 heavy (non-hydrogen) atoms. The molecular weight excluding hydrogens is 460 g/mol. The number of nitrogens with zero attached hydrogens (tertiary/aromatic N) is 4. The number of imide groups is 1. The third kappa shape index (κ3) is 4.10. The Morgan fingerprint density at radius 2 is 1.85 bits per heavy atom. The highest BCUT2D eigenvalue weighted by Gasteiger charge is 2.31. The molecule has 4 aromatic rings. The van der Waals surface area contributed by atoms with Crippen LogP contribution in [-0.2, 0) is 16.1 Å².